The van der Waals surface area contributed by atoms with Crippen molar-refractivity contribution in [2.45, 2.75) is 18.8 Å². The highest BCUT2D eigenvalue weighted by molar-refractivity contribution is 5.12. The van der Waals surface area contributed by atoms with Gasteiger partial charge in [-0.05, 0) is 45.0 Å². The quantitative estimate of drug-likeness (QED) is 0.668. The van der Waals surface area contributed by atoms with Gasteiger partial charge in [-0.3, -0.25) is 4.84 Å². The van der Waals surface area contributed by atoms with Crippen molar-refractivity contribution in [1.29, 1.82) is 0 Å². The first-order valence-corrected chi connectivity index (χ1v) is 5.54. The number of hydrogen-bond donors (Lipinski definition) is 0. The summed E-state index contributed by atoms with van der Waals surface area (Å²) in [6, 6.07) is 4.25. The predicted octanol–water partition coefficient (Wildman–Crippen LogP) is 0.842. The Hall–Kier alpha value is -1.09. The molecule has 82 valence electrons. The maximum absolute atomic E-state index is 5.17. The lowest BCUT2D eigenvalue weighted by molar-refractivity contribution is -0.885. The van der Waals surface area contributed by atoms with Crippen molar-refractivity contribution in [3.8, 4) is 0 Å². The maximum Gasteiger partial charge on any atom is 0.225 e. The van der Waals surface area contributed by atoms with E-state index < -0.39 is 0 Å². The van der Waals surface area contributed by atoms with Gasteiger partial charge in [0.2, 0.25) is 12.4 Å². The average molecular weight is 207 g/mol. The van der Waals surface area contributed by atoms with Gasteiger partial charge in [-0.25, -0.2) is 0 Å². The second kappa shape index (κ2) is 4.62. The Kier molecular flexibility index (Phi) is 3.21. The standard InChI is InChI=1S/C12H19N2O/c1-13-8-5-11(6-9-13)12-4-3-7-14(10-12)15-2/h3-4,7,10-11H,5-6,8-9H2,1-2H3/q+1. The molecule has 0 aliphatic carbocycles. The summed E-state index contributed by atoms with van der Waals surface area (Å²) in [6.45, 7) is 2.40. The Balaban J connectivity index is 2.08. The predicted molar refractivity (Wildman–Crippen MR) is 58.6 cm³/mol. The second-order valence-corrected chi connectivity index (χ2v) is 4.26. The SMILES string of the molecule is CO[n+]1cccc(C2CCN(C)CC2)c1. The average Bonchev–Trinajstić information content (AvgIpc) is 2.30. The summed E-state index contributed by atoms with van der Waals surface area (Å²) >= 11 is 0. The van der Waals surface area contributed by atoms with Gasteiger partial charge in [-0.15, -0.1) is 0 Å². The van der Waals surface area contributed by atoms with E-state index in [1.54, 1.807) is 11.8 Å². The molecule has 1 fully saturated rings. The van der Waals surface area contributed by atoms with Crippen molar-refractivity contribution >= 4 is 0 Å². The monoisotopic (exact) mass is 207 g/mol. The van der Waals surface area contributed by atoms with Gasteiger partial charge in [0, 0.05) is 16.4 Å². The summed E-state index contributed by atoms with van der Waals surface area (Å²) in [5, 5.41) is 0. The molecule has 0 unspecified atom stereocenters. The fourth-order valence-corrected chi connectivity index (χ4v) is 2.17. The first-order valence-electron chi connectivity index (χ1n) is 5.54. The molecule has 2 heterocycles. The Bertz CT molecular complexity index is 319. The van der Waals surface area contributed by atoms with E-state index in [0.717, 1.165) is 0 Å². The van der Waals surface area contributed by atoms with Gasteiger partial charge >= 0.3 is 0 Å². The number of piperidine rings is 1. The minimum atomic E-state index is 0.698. The molecule has 0 amide bonds. The van der Waals surface area contributed by atoms with Crippen molar-refractivity contribution in [2.24, 2.45) is 0 Å². The van der Waals surface area contributed by atoms with E-state index in [1.807, 2.05) is 6.20 Å². The van der Waals surface area contributed by atoms with Crippen LogP contribution in [0.15, 0.2) is 24.5 Å². The van der Waals surface area contributed by atoms with Crippen molar-refractivity contribution in [1.82, 2.24) is 4.90 Å². The van der Waals surface area contributed by atoms with Crippen LogP contribution in [-0.4, -0.2) is 32.1 Å². The molecule has 2 rings (SSSR count). The Labute approximate surface area is 91.2 Å². The Morgan fingerprint density at radius 3 is 2.80 bits per heavy atom. The molecule has 1 aromatic heterocycles. The third kappa shape index (κ3) is 2.48. The van der Waals surface area contributed by atoms with Gasteiger partial charge < -0.3 is 4.90 Å². The Morgan fingerprint density at radius 2 is 2.13 bits per heavy atom. The minimum Gasteiger partial charge on any atom is -0.306 e. The molecular weight excluding hydrogens is 188 g/mol. The summed E-state index contributed by atoms with van der Waals surface area (Å²) in [5.41, 5.74) is 1.40. The number of rotatable bonds is 2. The van der Waals surface area contributed by atoms with E-state index in [-0.39, 0.29) is 0 Å². The fraction of sp³-hybridized carbons (Fsp3) is 0.583. The fourth-order valence-electron chi connectivity index (χ4n) is 2.17. The number of pyridine rings is 1. The van der Waals surface area contributed by atoms with Gasteiger partial charge in [0.15, 0.2) is 0 Å². The lowest BCUT2D eigenvalue weighted by atomic mass is 9.91. The van der Waals surface area contributed by atoms with Crippen LogP contribution in [0.1, 0.15) is 24.3 Å². The van der Waals surface area contributed by atoms with Crippen LogP contribution in [-0.2, 0) is 0 Å². The number of hydrogen-bond acceptors (Lipinski definition) is 2. The highest BCUT2D eigenvalue weighted by Crippen LogP contribution is 2.26. The molecule has 1 aliphatic rings. The van der Waals surface area contributed by atoms with Gasteiger partial charge in [0.05, 0.1) is 0 Å². The molecule has 0 saturated carbocycles. The molecule has 0 bridgehead atoms. The van der Waals surface area contributed by atoms with E-state index in [9.17, 15) is 0 Å². The Morgan fingerprint density at radius 1 is 1.40 bits per heavy atom. The van der Waals surface area contributed by atoms with Crippen LogP contribution in [0.3, 0.4) is 0 Å². The summed E-state index contributed by atoms with van der Waals surface area (Å²) in [5.74, 6) is 0.698. The van der Waals surface area contributed by atoms with E-state index in [0.29, 0.717) is 5.92 Å². The van der Waals surface area contributed by atoms with Crippen molar-refractivity contribution in [3.05, 3.63) is 30.1 Å². The molecule has 15 heavy (non-hydrogen) atoms. The molecule has 0 radical (unpaired) electrons. The highest BCUT2D eigenvalue weighted by atomic mass is 16.6. The van der Waals surface area contributed by atoms with E-state index >= 15 is 0 Å². The summed E-state index contributed by atoms with van der Waals surface area (Å²) in [4.78, 5) is 7.57. The van der Waals surface area contributed by atoms with Gasteiger partial charge in [-0.1, -0.05) is 0 Å². The van der Waals surface area contributed by atoms with Crippen LogP contribution in [0.4, 0.5) is 0 Å². The van der Waals surface area contributed by atoms with Crippen molar-refractivity contribution in [3.63, 3.8) is 0 Å². The zero-order valence-electron chi connectivity index (χ0n) is 9.52. The highest BCUT2D eigenvalue weighted by Gasteiger charge is 2.20. The third-order valence-electron chi connectivity index (χ3n) is 3.20. The van der Waals surface area contributed by atoms with Crippen LogP contribution in [0.5, 0.6) is 0 Å². The molecule has 0 spiro atoms. The zero-order valence-corrected chi connectivity index (χ0v) is 9.52. The molecular formula is C12H19N2O+. The minimum absolute atomic E-state index is 0.698. The van der Waals surface area contributed by atoms with E-state index in [4.69, 9.17) is 4.84 Å². The van der Waals surface area contributed by atoms with Crippen LogP contribution >= 0.6 is 0 Å². The zero-order chi connectivity index (χ0) is 10.7. The number of aromatic nitrogens is 1. The van der Waals surface area contributed by atoms with Crippen LogP contribution < -0.4 is 9.57 Å². The van der Waals surface area contributed by atoms with Gasteiger partial charge in [0.1, 0.15) is 7.11 Å². The summed E-state index contributed by atoms with van der Waals surface area (Å²) in [7, 11) is 3.88. The number of likely N-dealkylation sites (tertiary alicyclic amines) is 1. The topological polar surface area (TPSA) is 16.4 Å². The molecule has 1 aromatic rings. The largest absolute Gasteiger partial charge is 0.306 e. The number of nitrogens with zero attached hydrogens (tertiary/aromatic N) is 2. The molecule has 3 heteroatoms. The molecule has 1 aliphatic heterocycles. The first kappa shape index (κ1) is 10.4. The summed E-state index contributed by atoms with van der Waals surface area (Å²) < 4.78 is 1.77. The van der Waals surface area contributed by atoms with E-state index in [2.05, 4.69) is 30.3 Å². The molecule has 3 nitrogen and oxygen atoms in total. The van der Waals surface area contributed by atoms with Crippen molar-refractivity contribution < 1.29 is 9.57 Å². The van der Waals surface area contributed by atoms with Crippen LogP contribution in [0.25, 0.3) is 0 Å². The molecule has 1 saturated heterocycles. The summed E-state index contributed by atoms with van der Waals surface area (Å²) in [6.07, 6.45) is 6.53. The second-order valence-electron chi connectivity index (χ2n) is 4.26. The maximum atomic E-state index is 5.17. The lowest BCUT2D eigenvalue weighted by Crippen LogP contribution is -2.40. The molecule has 0 N–H and O–H groups in total. The van der Waals surface area contributed by atoms with Crippen molar-refractivity contribution in [2.75, 3.05) is 27.2 Å². The molecule has 0 aromatic carbocycles. The van der Waals surface area contributed by atoms with Gasteiger partial charge in [0.25, 0.3) is 0 Å². The normalized spacial score (nSPS) is 19.1. The molecule has 0 atom stereocenters. The smallest absolute Gasteiger partial charge is 0.225 e. The third-order valence-corrected chi connectivity index (χ3v) is 3.20. The van der Waals surface area contributed by atoms with Crippen LogP contribution in [0, 0.1) is 0 Å². The van der Waals surface area contributed by atoms with E-state index in [1.165, 1.54) is 31.5 Å². The van der Waals surface area contributed by atoms with Crippen LogP contribution in [0.2, 0.25) is 0 Å². The lowest BCUT2D eigenvalue weighted by Gasteiger charge is -2.28. The first-order chi connectivity index (χ1) is 7.29. The van der Waals surface area contributed by atoms with Gasteiger partial charge in [-0.2, -0.15) is 0 Å².